The maximum absolute atomic E-state index is 12.9. The van der Waals surface area contributed by atoms with Crippen LogP contribution in [-0.4, -0.2) is 43.1 Å². The van der Waals surface area contributed by atoms with Gasteiger partial charge in [-0.05, 0) is 61.0 Å². The molecule has 0 aromatic heterocycles. The van der Waals surface area contributed by atoms with E-state index in [0.717, 1.165) is 5.56 Å². The van der Waals surface area contributed by atoms with Crippen LogP contribution in [0.1, 0.15) is 22.8 Å². The van der Waals surface area contributed by atoms with Gasteiger partial charge in [0.2, 0.25) is 0 Å². The van der Waals surface area contributed by atoms with Gasteiger partial charge in [0, 0.05) is 19.7 Å². The molecule has 2 amide bonds. The van der Waals surface area contributed by atoms with Gasteiger partial charge in [0.15, 0.2) is 6.61 Å². The Morgan fingerprint density at radius 3 is 2.19 bits per heavy atom. The number of hydrazone groups is 1. The monoisotopic (exact) mass is 357 g/mol. The van der Waals surface area contributed by atoms with Crippen LogP contribution in [0.2, 0.25) is 0 Å². The van der Waals surface area contributed by atoms with Crippen LogP contribution in [0.25, 0.3) is 0 Å². The molecular weight excluding hydrogens is 337 g/mol. The molecule has 0 radical (unpaired) electrons. The van der Waals surface area contributed by atoms with Crippen molar-refractivity contribution in [3.05, 3.63) is 65.5 Å². The van der Waals surface area contributed by atoms with E-state index >= 15 is 0 Å². The van der Waals surface area contributed by atoms with Crippen LogP contribution in [-0.2, 0) is 4.79 Å². The van der Waals surface area contributed by atoms with Crippen molar-refractivity contribution in [3.63, 3.8) is 0 Å². The first kappa shape index (κ1) is 19.1. The van der Waals surface area contributed by atoms with E-state index in [1.54, 1.807) is 45.3 Å². The molecule has 1 N–H and O–H groups in total. The molecule has 0 fully saturated rings. The third kappa shape index (κ3) is 5.41. The maximum Gasteiger partial charge on any atom is 0.271 e. The van der Waals surface area contributed by atoms with Crippen molar-refractivity contribution in [2.45, 2.75) is 6.92 Å². The molecule has 0 bridgehead atoms. The molecule has 2 aromatic rings. The molecule has 0 atom stereocenters. The number of carbonyl (C=O) groups is 2. The van der Waals surface area contributed by atoms with Crippen molar-refractivity contribution in [2.24, 2.45) is 5.10 Å². The molecular formula is C19H20FN3O3. The van der Waals surface area contributed by atoms with Crippen molar-refractivity contribution >= 4 is 17.5 Å². The molecule has 0 spiro atoms. The third-order valence-electron chi connectivity index (χ3n) is 3.56. The Bertz CT molecular complexity index is 800. The van der Waals surface area contributed by atoms with Gasteiger partial charge in [0.05, 0.1) is 5.71 Å². The Morgan fingerprint density at radius 1 is 1.04 bits per heavy atom. The number of halogens is 1. The van der Waals surface area contributed by atoms with E-state index in [-0.39, 0.29) is 12.5 Å². The zero-order valence-corrected chi connectivity index (χ0v) is 14.8. The summed E-state index contributed by atoms with van der Waals surface area (Å²) in [5, 5.41) is 4.04. The summed E-state index contributed by atoms with van der Waals surface area (Å²) in [6.07, 6.45) is 0. The first-order chi connectivity index (χ1) is 12.4. The molecule has 0 heterocycles. The zero-order chi connectivity index (χ0) is 19.1. The lowest BCUT2D eigenvalue weighted by Gasteiger charge is -2.11. The van der Waals surface area contributed by atoms with E-state index in [4.69, 9.17) is 4.74 Å². The predicted molar refractivity (Wildman–Crippen MR) is 96.7 cm³/mol. The molecule has 0 unspecified atom stereocenters. The first-order valence-electron chi connectivity index (χ1n) is 7.90. The fourth-order valence-corrected chi connectivity index (χ4v) is 1.93. The van der Waals surface area contributed by atoms with Crippen LogP contribution in [0, 0.1) is 5.82 Å². The highest BCUT2D eigenvalue weighted by molar-refractivity contribution is 6.00. The predicted octanol–water partition coefficient (Wildman–Crippen LogP) is 2.45. The number of amides is 2. The number of likely N-dealkylation sites (N-methyl/N-ethyl adjacent to an activating group) is 1. The Balaban J connectivity index is 1.95. The van der Waals surface area contributed by atoms with Crippen molar-refractivity contribution in [3.8, 4) is 5.75 Å². The second-order valence-corrected chi connectivity index (χ2v) is 5.75. The summed E-state index contributed by atoms with van der Waals surface area (Å²) >= 11 is 0. The van der Waals surface area contributed by atoms with Crippen LogP contribution < -0.4 is 10.2 Å². The molecule has 0 saturated carbocycles. The lowest BCUT2D eigenvalue weighted by molar-refractivity contribution is -0.130. The van der Waals surface area contributed by atoms with Gasteiger partial charge in [-0.25, -0.2) is 9.82 Å². The topological polar surface area (TPSA) is 71.0 Å². The molecule has 136 valence electrons. The molecule has 26 heavy (non-hydrogen) atoms. The largest absolute Gasteiger partial charge is 0.484 e. The number of benzene rings is 2. The molecule has 2 aromatic carbocycles. The highest BCUT2D eigenvalue weighted by atomic mass is 19.1. The van der Waals surface area contributed by atoms with Gasteiger partial charge in [-0.15, -0.1) is 0 Å². The number of hydrogen-bond acceptors (Lipinski definition) is 4. The Morgan fingerprint density at radius 2 is 1.62 bits per heavy atom. The number of nitrogens with one attached hydrogen (secondary N) is 1. The molecule has 0 aliphatic rings. The van der Waals surface area contributed by atoms with Crippen LogP contribution in [0.15, 0.2) is 53.6 Å². The van der Waals surface area contributed by atoms with Gasteiger partial charge in [0.1, 0.15) is 11.6 Å². The summed E-state index contributed by atoms with van der Waals surface area (Å²) in [6, 6.07) is 12.2. The summed E-state index contributed by atoms with van der Waals surface area (Å²) in [5.74, 6) is -0.398. The fraction of sp³-hybridized carbons (Fsp3) is 0.211. The number of nitrogens with zero attached hydrogens (tertiary/aromatic N) is 2. The Kier molecular flexibility index (Phi) is 6.43. The third-order valence-corrected chi connectivity index (χ3v) is 3.56. The Hall–Kier alpha value is -3.22. The highest BCUT2D eigenvalue weighted by Gasteiger charge is 2.07. The molecule has 2 rings (SSSR count). The lowest BCUT2D eigenvalue weighted by Crippen LogP contribution is -2.27. The van der Waals surface area contributed by atoms with Gasteiger partial charge in [0.25, 0.3) is 11.8 Å². The minimum absolute atomic E-state index is 0.0346. The number of carbonyl (C=O) groups excluding carboxylic acids is 2. The number of ether oxygens (including phenoxy) is 1. The second kappa shape index (κ2) is 8.75. The molecule has 0 aliphatic heterocycles. The number of hydrogen-bond donors (Lipinski definition) is 1. The number of rotatable bonds is 6. The molecule has 0 aliphatic carbocycles. The SMILES string of the molecule is C/C(=N\NC(=O)c1ccc(F)cc1)c1ccc(OCC(=O)N(C)C)cc1. The summed E-state index contributed by atoms with van der Waals surface area (Å²) in [5.41, 5.74) is 4.13. The first-order valence-corrected chi connectivity index (χ1v) is 7.90. The zero-order valence-electron chi connectivity index (χ0n) is 14.8. The average Bonchev–Trinajstić information content (AvgIpc) is 2.64. The quantitative estimate of drug-likeness (QED) is 0.638. The van der Waals surface area contributed by atoms with E-state index in [9.17, 15) is 14.0 Å². The summed E-state index contributed by atoms with van der Waals surface area (Å²) in [7, 11) is 3.32. The van der Waals surface area contributed by atoms with Gasteiger partial charge in [-0.3, -0.25) is 9.59 Å². The van der Waals surface area contributed by atoms with E-state index in [1.807, 2.05) is 0 Å². The summed E-state index contributed by atoms with van der Waals surface area (Å²) < 4.78 is 18.3. The van der Waals surface area contributed by atoms with Crippen LogP contribution in [0.5, 0.6) is 5.75 Å². The van der Waals surface area contributed by atoms with Gasteiger partial charge < -0.3 is 9.64 Å². The second-order valence-electron chi connectivity index (χ2n) is 5.75. The molecule has 0 saturated heterocycles. The van der Waals surface area contributed by atoms with Gasteiger partial charge in [-0.1, -0.05) is 0 Å². The molecule has 7 heteroatoms. The highest BCUT2D eigenvalue weighted by Crippen LogP contribution is 2.13. The van der Waals surface area contributed by atoms with E-state index in [2.05, 4.69) is 10.5 Å². The fourth-order valence-electron chi connectivity index (χ4n) is 1.93. The van der Waals surface area contributed by atoms with Crippen molar-refractivity contribution in [1.82, 2.24) is 10.3 Å². The summed E-state index contributed by atoms with van der Waals surface area (Å²) in [6.45, 7) is 1.71. The van der Waals surface area contributed by atoms with Gasteiger partial charge in [-0.2, -0.15) is 5.10 Å². The van der Waals surface area contributed by atoms with Crippen molar-refractivity contribution in [2.75, 3.05) is 20.7 Å². The van der Waals surface area contributed by atoms with Crippen LogP contribution in [0.4, 0.5) is 4.39 Å². The maximum atomic E-state index is 12.9. The standard InChI is InChI=1S/C19H20FN3O3/c1-13(21-22-19(25)15-4-8-16(20)9-5-15)14-6-10-17(11-7-14)26-12-18(24)23(2)3/h4-11H,12H2,1-3H3,(H,22,25)/b21-13+. The Labute approximate surface area is 151 Å². The van der Waals surface area contributed by atoms with Crippen LogP contribution >= 0.6 is 0 Å². The minimum atomic E-state index is -0.425. The average molecular weight is 357 g/mol. The van der Waals surface area contributed by atoms with E-state index in [1.165, 1.54) is 29.2 Å². The minimum Gasteiger partial charge on any atom is -0.484 e. The van der Waals surface area contributed by atoms with Crippen molar-refractivity contribution < 1.29 is 18.7 Å². The smallest absolute Gasteiger partial charge is 0.271 e. The van der Waals surface area contributed by atoms with E-state index in [0.29, 0.717) is 17.0 Å². The van der Waals surface area contributed by atoms with Gasteiger partial charge >= 0.3 is 0 Å². The van der Waals surface area contributed by atoms with E-state index < -0.39 is 11.7 Å². The molecule has 6 nitrogen and oxygen atoms in total. The summed E-state index contributed by atoms with van der Waals surface area (Å²) in [4.78, 5) is 24.9. The van der Waals surface area contributed by atoms with Crippen molar-refractivity contribution in [1.29, 1.82) is 0 Å². The van der Waals surface area contributed by atoms with Crippen LogP contribution in [0.3, 0.4) is 0 Å². The lowest BCUT2D eigenvalue weighted by atomic mass is 10.1. The normalized spacial score (nSPS) is 11.0.